The van der Waals surface area contributed by atoms with E-state index in [-0.39, 0.29) is 43.0 Å². The molecule has 0 bridgehead atoms. The van der Waals surface area contributed by atoms with E-state index in [2.05, 4.69) is 37.1 Å². The Labute approximate surface area is 134 Å². The van der Waals surface area contributed by atoms with E-state index in [9.17, 15) is 0 Å². The van der Waals surface area contributed by atoms with Crippen molar-refractivity contribution < 1.29 is 16.8 Å². The summed E-state index contributed by atoms with van der Waals surface area (Å²) in [5, 5.41) is 23.3. The van der Waals surface area contributed by atoms with Gasteiger partial charge in [-0.05, 0) is 24.4 Å². The molecular weight excluding hydrogens is 337 g/mol. The summed E-state index contributed by atoms with van der Waals surface area (Å²) < 4.78 is 0. The van der Waals surface area contributed by atoms with Crippen molar-refractivity contribution in [1.82, 2.24) is 0 Å². The van der Waals surface area contributed by atoms with Crippen molar-refractivity contribution in [3.05, 3.63) is 22.9 Å². The second-order valence-electron chi connectivity index (χ2n) is 1.30. The maximum atomic E-state index is 7.18. The summed E-state index contributed by atoms with van der Waals surface area (Å²) in [6.45, 7) is 0.944. The van der Waals surface area contributed by atoms with Crippen LogP contribution >= 0.6 is 37.1 Å². The summed E-state index contributed by atoms with van der Waals surface area (Å²) in [5.74, 6) is 0. The van der Waals surface area contributed by atoms with Crippen LogP contribution in [0.3, 0.4) is 0 Å². The number of nitrogens with zero attached hydrogens (tertiary/aromatic N) is 1. The predicted molar refractivity (Wildman–Crippen MR) is 82.0 cm³/mol. The van der Waals surface area contributed by atoms with Gasteiger partial charge in [-0.25, -0.2) is 10.8 Å². The third-order valence-corrected chi connectivity index (χ3v) is 0.250. The smallest absolute Gasteiger partial charge is 0.679 e. The molecule has 6 N–H and O–H groups in total. The molecule has 0 aliphatic carbocycles. The van der Waals surface area contributed by atoms with Gasteiger partial charge in [0.25, 0.3) is 0 Å². The molecule has 11 heteroatoms. The molecule has 0 unspecified atom stereocenters. The number of rotatable bonds is 2. The largest absolute Gasteiger partial charge is 3.00 e. The Bertz CT molecular complexity index is 178. The summed E-state index contributed by atoms with van der Waals surface area (Å²) in [6.07, 6.45) is 0. The Morgan fingerprint density at radius 2 is 0.944 bits per heavy atom. The van der Waals surface area contributed by atoms with Crippen molar-refractivity contribution in [2.24, 2.45) is 0 Å². The SMILES string of the molecule is N#CS.N=C=S.N=C=S.[Co+3].[NH-]CC[NH-].[NH-]CC[NH-]. The van der Waals surface area contributed by atoms with Crippen LogP contribution in [-0.4, -0.2) is 36.5 Å². The van der Waals surface area contributed by atoms with Crippen molar-refractivity contribution in [3.63, 3.8) is 0 Å². The van der Waals surface area contributed by atoms with Gasteiger partial charge >= 0.3 is 16.8 Å². The van der Waals surface area contributed by atoms with E-state index >= 15 is 0 Å². The molecule has 7 nitrogen and oxygen atoms in total. The second kappa shape index (κ2) is 90.8. The quantitative estimate of drug-likeness (QED) is 0.297. The zero-order chi connectivity index (χ0) is 14.9. The topological polar surface area (TPSA) is 167 Å². The van der Waals surface area contributed by atoms with Crippen molar-refractivity contribution in [2.45, 2.75) is 0 Å². The number of nitriles is 1. The zero-order valence-corrected chi connectivity index (χ0v) is 12.9. The molecule has 0 heterocycles. The van der Waals surface area contributed by atoms with Gasteiger partial charge in [-0.1, -0.05) is 12.6 Å². The van der Waals surface area contributed by atoms with Crippen LogP contribution in [0.1, 0.15) is 0 Å². The number of thiocarbonyl (C=S) groups is 2. The van der Waals surface area contributed by atoms with Crippen LogP contribution in [0.4, 0.5) is 0 Å². The van der Waals surface area contributed by atoms with Gasteiger partial charge in [0.15, 0.2) is 0 Å². The third-order valence-electron chi connectivity index (χ3n) is 0.250. The fourth-order valence-electron chi connectivity index (χ4n) is 0. The standard InChI is InChI=1S/2C2H6N2.3CHNS.Co/c2*3-1-2-4;3*2-1-3;/h2*3-4H,1-2H2;3H;2*2H;/q2*-2;;;;+3. The van der Waals surface area contributed by atoms with E-state index in [1.165, 1.54) is 5.40 Å². The number of thiol groups is 1. The molecule has 0 saturated heterocycles. The van der Waals surface area contributed by atoms with Crippen LogP contribution in [0.2, 0.25) is 0 Å². The van der Waals surface area contributed by atoms with Crippen LogP contribution in [-0.2, 0) is 16.8 Å². The molecular formula is C7H15CoN7S3-. The first-order valence-electron chi connectivity index (χ1n) is 3.77. The van der Waals surface area contributed by atoms with E-state index in [4.69, 9.17) is 39.0 Å². The Morgan fingerprint density at radius 3 is 0.944 bits per heavy atom. The molecule has 18 heavy (non-hydrogen) atoms. The number of nitrogens with one attached hydrogen (secondary N) is 6. The minimum Gasteiger partial charge on any atom is -0.679 e. The fourth-order valence-corrected chi connectivity index (χ4v) is 0. The van der Waals surface area contributed by atoms with Gasteiger partial charge in [-0.2, -0.15) is 31.4 Å². The van der Waals surface area contributed by atoms with Crippen LogP contribution in [0.25, 0.3) is 22.9 Å². The van der Waals surface area contributed by atoms with Gasteiger partial charge in [-0.15, -0.1) is 0 Å². The average molecular weight is 352 g/mol. The number of hydrogen-bond donors (Lipinski definition) is 3. The Hall–Kier alpha value is -0.214. The summed E-state index contributed by atoms with van der Waals surface area (Å²) in [4.78, 5) is 0. The Morgan fingerprint density at radius 1 is 0.889 bits per heavy atom. The molecule has 0 rings (SSSR count). The molecule has 0 aromatic heterocycles. The molecule has 106 valence electrons. The summed E-state index contributed by atoms with van der Waals surface area (Å²) in [5.41, 5.74) is 25.1. The van der Waals surface area contributed by atoms with Crippen LogP contribution in [0.15, 0.2) is 0 Å². The molecule has 0 atom stereocenters. The van der Waals surface area contributed by atoms with Crippen LogP contribution in [0, 0.1) is 21.5 Å². The van der Waals surface area contributed by atoms with E-state index < -0.39 is 0 Å². The third kappa shape index (κ3) is 1080. The predicted octanol–water partition coefficient (Wildman–Crippen LogP) is 3.91. The van der Waals surface area contributed by atoms with Crippen molar-refractivity contribution in [3.8, 4) is 5.40 Å². The number of thiocyanates is 1. The van der Waals surface area contributed by atoms with Gasteiger partial charge in [0.2, 0.25) is 0 Å². The van der Waals surface area contributed by atoms with Crippen LogP contribution in [0.5, 0.6) is 0 Å². The van der Waals surface area contributed by atoms with Crippen molar-refractivity contribution >= 4 is 47.4 Å². The summed E-state index contributed by atoms with van der Waals surface area (Å²) in [7, 11) is 0. The molecule has 0 aromatic carbocycles. The number of hydrogen-bond acceptors (Lipinski definition) is 6. The molecule has 0 aromatic rings. The summed E-state index contributed by atoms with van der Waals surface area (Å²) >= 11 is 10.7. The zero-order valence-electron chi connectivity index (χ0n) is 9.37. The molecule has 0 saturated carbocycles. The van der Waals surface area contributed by atoms with Gasteiger partial charge < -0.3 is 22.9 Å². The Kier molecular flexibility index (Phi) is 182. The van der Waals surface area contributed by atoms with E-state index in [1.807, 2.05) is 0 Å². The van der Waals surface area contributed by atoms with Crippen molar-refractivity contribution in [1.29, 1.82) is 16.1 Å². The van der Waals surface area contributed by atoms with Gasteiger partial charge in [0.1, 0.15) is 5.40 Å². The van der Waals surface area contributed by atoms with Crippen LogP contribution < -0.4 is 0 Å². The van der Waals surface area contributed by atoms with E-state index in [0.717, 1.165) is 0 Å². The Balaban J connectivity index is -0.0000000249. The molecule has 0 aliphatic heterocycles. The average Bonchev–Trinajstić information content (AvgIpc) is 2.32. The second-order valence-corrected chi connectivity index (χ2v) is 1.91. The van der Waals surface area contributed by atoms with E-state index in [0.29, 0.717) is 0 Å². The van der Waals surface area contributed by atoms with Gasteiger partial charge in [0.05, 0.1) is 10.3 Å². The fraction of sp³-hybridized carbons (Fsp3) is 0.571. The molecule has 0 radical (unpaired) electrons. The summed E-state index contributed by atoms with van der Waals surface area (Å²) in [6, 6.07) is 0. The number of isothiocyanates is 2. The monoisotopic (exact) mass is 352 g/mol. The van der Waals surface area contributed by atoms with Gasteiger partial charge in [0, 0.05) is 0 Å². The molecule has 0 fully saturated rings. The minimum atomic E-state index is 0. The maximum Gasteiger partial charge on any atom is 3.00 e. The molecule has 0 spiro atoms. The molecule has 0 amide bonds. The first kappa shape index (κ1) is 36.1. The van der Waals surface area contributed by atoms with E-state index in [1.54, 1.807) is 10.3 Å². The van der Waals surface area contributed by atoms with Crippen molar-refractivity contribution in [2.75, 3.05) is 26.2 Å². The first-order valence-corrected chi connectivity index (χ1v) is 5.03. The normalized spacial score (nSPS) is 4.67. The minimum absolute atomic E-state index is 0. The van der Waals surface area contributed by atoms with Gasteiger partial charge in [-0.3, -0.25) is 0 Å². The maximum absolute atomic E-state index is 7.18. The molecule has 0 aliphatic rings. The first-order chi connectivity index (χ1) is 8.07.